The summed E-state index contributed by atoms with van der Waals surface area (Å²) < 4.78 is 0. The molecular weight excluding hydrogens is 228 g/mol. The van der Waals surface area contributed by atoms with E-state index in [1.54, 1.807) is 0 Å². The molecule has 0 aromatic rings. The minimum Gasteiger partial charge on any atom is -0.365 e. The van der Waals surface area contributed by atoms with Gasteiger partial charge in [0.2, 0.25) is 0 Å². The number of thioether (sulfide) groups is 1. The van der Waals surface area contributed by atoms with E-state index in [1.165, 1.54) is 36.6 Å². The Balaban J connectivity index is 1.73. The SMILES string of the molecule is CC1CCCC(CNC2=NCC(C)(C)CS2)C1. The van der Waals surface area contributed by atoms with E-state index in [2.05, 4.69) is 31.1 Å². The number of rotatable bonds is 2. The Kier molecular flexibility index (Phi) is 4.40. The van der Waals surface area contributed by atoms with Crippen molar-refractivity contribution in [3.05, 3.63) is 0 Å². The molecule has 0 spiro atoms. The standard InChI is InChI=1S/C14H26N2S/c1-11-5-4-6-12(7-11)8-15-13-16-9-14(2,3)10-17-13/h11-12H,4-10H2,1-3H3,(H,15,16). The maximum absolute atomic E-state index is 4.65. The van der Waals surface area contributed by atoms with Crippen molar-refractivity contribution in [2.75, 3.05) is 18.8 Å². The molecule has 0 radical (unpaired) electrons. The molecule has 0 aromatic heterocycles. The largest absolute Gasteiger partial charge is 0.365 e. The third-order valence-corrected chi connectivity index (χ3v) is 5.31. The number of aliphatic imine (C=N–C) groups is 1. The van der Waals surface area contributed by atoms with Crippen LogP contribution in [0.1, 0.15) is 46.5 Å². The first-order valence-corrected chi connectivity index (χ1v) is 7.95. The fraction of sp³-hybridized carbons (Fsp3) is 0.929. The zero-order chi connectivity index (χ0) is 12.3. The third kappa shape index (κ3) is 4.20. The lowest BCUT2D eigenvalue weighted by Gasteiger charge is -2.30. The Morgan fingerprint density at radius 1 is 1.41 bits per heavy atom. The van der Waals surface area contributed by atoms with Gasteiger partial charge in [-0.3, -0.25) is 4.99 Å². The van der Waals surface area contributed by atoms with E-state index in [0.717, 1.165) is 24.9 Å². The molecule has 98 valence electrons. The van der Waals surface area contributed by atoms with Crippen LogP contribution in [0.4, 0.5) is 0 Å². The van der Waals surface area contributed by atoms with E-state index >= 15 is 0 Å². The van der Waals surface area contributed by atoms with Crippen molar-refractivity contribution in [2.24, 2.45) is 22.2 Å². The number of hydrogen-bond acceptors (Lipinski definition) is 3. The first-order valence-electron chi connectivity index (χ1n) is 6.96. The van der Waals surface area contributed by atoms with Gasteiger partial charge in [0.15, 0.2) is 5.17 Å². The van der Waals surface area contributed by atoms with Crippen LogP contribution >= 0.6 is 11.8 Å². The van der Waals surface area contributed by atoms with Gasteiger partial charge >= 0.3 is 0 Å². The average molecular weight is 254 g/mol. The van der Waals surface area contributed by atoms with Gasteiger partial charge in [-0.05, 0) is 30.1 Å². The molecule has 0 saturated heterocycles. The molecule has 1 aliphatic carbocycles. The molecule has 0 amide bonds. The van der Waals surface area contributed by atoms with Gasteiger partial charge in [0.1, 0.15) is 0 Å². The molecule has 1 N–H and O–H groups in total. The first kappa shape index (κ1) is 13.3. The van der Waals surface area contributed by atoms with E-state index in [-0.39, 0.29) is 0 Å². The van der Waals surface area contributed by atoms with E-state index in [9.17, 15) is 0 Å². The lowest BCUT2D eigenvalue weighted by atomic mass is 9.82. The molecule has 1 fully saturated rings. The summed E-state index contributed by atoms with van der Waals surface area (Å²) in [5.41, 5.74) is 0.384. The Labute approximate surface area is 110 Å². The molecule has 2 nitrogen and oxygen atoms in total. The smallest absolute Gasteiger partial charge is 0.156 e. The van der Waals surface area contributed by atoms with E-state index in [4.69, 9.17) is 0 Å². The Bertz CT molecular complexity index is 286. The van der Waals surface area contributed by atoms with Crippen LogP contribution in [0.3, 0.4) is 0 Å². The van der Waals surface area contributed by atoms with Gasteiger partial charge in [-0.1, -0.05) is 45.4 Å². The number of nitrogens with one attached hydrogen (secondary N) is 1. The number of nitrogens with zero attached hydrogens (tertiary/aromatic N) is 1. The van der Waals surface area contributed by atoms with E-state index in [1.807, 2.05) is 11.8 Å². The predicted molar refractivity (Wildman–Crippen MR) is 77.7 cm³/mol. The molecule has 2 atom stereocenters. The molecule has 2 rings (SSSR count). The molecule has 2 unspecified atom stereocenters. The summed E-state index contributed by atoms with van der Waals surface area (Å²) in [5.74, 6) is 2.99. The topological polar surface area (TPSA) is 24.4 Å². The summed E-state index contributed by atoms with van der Waals surface area (Å²) in [6.07, 6.45) is 5.65. The van der Waals surface area contributed by atoms with Crippen LogP contribution in [0.15, 0.2) is 4.99 Å². The molecule has 1 heterocycles. The summed E-state index contributed by atoms with van der Waals surface area (Å²) in [4.78, 5) is 4.65. The molecule has 17 heavy (non-hydrogen) atoms. The van der Waals surface area contributed by atoms with Gasteiger partial charge in [0.25, 0.3) is 0 Å². The summed E-state index contributed by atoms with van der Waals surface area (Å²) >= 11 is 1.90. The molecule has 1 saturated carbocycles. The third-order valence-electron chi connectivity index (χ3n) is 3.84. The lowest BCUT2D eigenvalue weighted by Crippen LogP contribution is -2.34. The van der Waals surface area contributed by atoms with Crippen LogP contribution in [0, 0.1) is 17.3 Å². The van der Waals surface area contributed by atoms with E-state index < -0.39 is 0 Å². The maximum Gasteiger partial charge on any atom is 0.156 e. The predicted octanol–water partition coefficient (Wildman–Crippen LogP) is 3.53. The molecule has 3 heteroatoms. The Morgan fingerprint density at radius 3 is 2.88 bits per heavy atom. The second kappa shape index (κ2) is 5.64. The zero-order valence-electron chi connectivity index (χ0n) is 11.5. The quantitative estimate of drug-likeness (QED) is 0.815. The number of amidine groups is 1. The first-order chi connectivity index (χ1) is 8.05. The Morgan fingerprint density at radius 2 is 2.24 bits per heavy atom. The summed E-state index contributed by atoms with van der Waals surface area (Å²) in [6.45, 7) is 9.09. The fourth-order valence-corrected chi connectivity index (χ4v) is 3.68. The molecule has 0 aromatic carbocycles. The summed E-state index contributed by atoms with van der Waals surface area (Å²) in [6, 6.07) is 0. The second-order valence-electron chi connectivity index (χ2n) is 6.59. The monoisotopic (exact) mass is 254 g/mol. The van der Waals surface area contributed by atoms with Crippen LogP contribution in [0.2, 0.25) is 0 Å². The van der Waals surface area contributed by atoms with Crippen LogP contribution in [-0.2, 0) is 0 Å². The van der Waals surface area contributed by atoms with Crippen molar-refractivity contribution in [3.63, 3.8) is 0 Å². The van der Waals surface area contributed by atoms with Gasteiger partial charge in [-0.2, -0.15) is 0 Å². The maximum atomic E-state index is 4.65. The molecule has 2 aliphatic rings. The fourth-order valence-electron chi connectivity index (χ4n) is 2.72. The van der Waals surface area contributed by atoms with Crippen molar-refractivity contribution < 1.29 is 0 Å². The van der Waals surface area contributed by atoms with Gasteiger partial charge in [0, 0.05) is 18.8 Å². The highest BCUT2D eigenvalue weighted by molar-refractivity contribution is 8.13. The lowest BCUT2D eigenvalue weighted by molar-refractivity contribution is 0.283. The van der Waals surface area contributed by atoms with Crippen molar-refractivity contribution in [1.29, 1.82) is 0 Å². The highest BCUT2D eigenvalue weighted by Crippen LogP contribution is 2.29. The average Bonchev–Trinajstić information content (AvgIpc) is 2.28. The summed E-state index contributed by atoms with van der Waals surface area (Å²) in [5, 5.41) is 4.75. The van der Waals surface area contributed by atoms with Gasteiger partial charge in [-0.25, -0.2) is 0 Å². The zero-order valence-corrected chi connectivity index (χ0v) is 12.3. The second-order valence-corrected chi connectivity index (χ2v) is 7.56. The molecule has 1 aliphatic heterocycles. The van der Waals surface area contributed by atoms with Crippen molar-refractivity contribution in [1.82, 2.24) is 5.32 Å². The minimum atomic E-state index is 0.384. The van der Waals surface area contributed by atoms with Crippen molar-refractivity contribution >= 4 is 16.9 Å². The van der Waals surface area contributed by atoms with Crippen LogP contribution in [0.5, 0.6) is 0 Å². The van der Waals surface area contributed by atoms with Gasteiger partial charge in [0.05, 0.1) is 0 Å². The normalized spacial score (nSPS) is 33.0. The summed E-state index contributed by atoms with van der Waals surface area (Å²) in [7, 11) is 0. The van der Waals surface area contributed by atoms with Crippen LogP contribution in [-0.4, -0.2) is 24.0 Å². The van der Waals surface area contributed by atoms with Gasteiger partial charge in [-0.15, -0.1) is 0 Å². The van der Waals surface area contributed by atoms with Crippen LogP contribution in [0.25, 0.3) is 0 Å². The Hall–Kier alpha value is -0.180. The van der Waals surface area contributed by atoms with Crippen LogP contribution < -0.4 is 5.32 Å². The minimum absolute atomic E-state index is 0.384. The van der Waals surface area contributed by atoms with Crippen molar-refractivity contribution in [2.45, 2.75) is 46.5 Å². The highest BCUT2D eigenvalue weighted by atomic mass is 32.2. The van der Waals surface area contributed by atoms with E-state index in [0.29, 0.717) is 5.41 Å². The molecular formula is C14H26N2S. The molecule has 0 bridgehead atoms. The highest BCUT2D eigenvalue weighted by Gasteiger charge is 2.24. The van der Waals surface area contributed by atoms with Crippen molar-refractivity contribution in [3.8, 4) is 0 Å². The number of hydrogen-bond donors (Lipinski definition) is 1. The van der Waals surface area contributed by atoms with Gasteiger partial charge < -0.3 is 5.32 Å².